The molecule has 8 heteroatoms. The fraction of sp³-hybridized carbons (Fsp3) is 0.360. The number of anilines is 1. The molecule has 0 spiro atoms. The van der Waals surface area contributed by atoms with Crippen molar-refractivity contribution < 1.29 is 0 Å². The first-order valence-electron chi connectivity index (χ1n) is 11.3. The van der Waals surface area contributed by atoms with Crippen LogP contribution < -0.4 is 21.1 Å². The van der Waals surface area contributed by atoms with Crippen molar-refractivity contribution in [2.75, 3.05) is 24.5 Å². The number of nitrogens with zero attached hydrogens (tertiary/aromatic N) is 3. The number of aliphatic imine (C=N–C) groups is 1. The van der Waals surface area contributed by atoms with E-state index in [4.69, 9.17) is 4.99 Å². The summed E-state index contributed by atoms with van der Waals surface area (Å²) in [5.41, 5.74) is 2.27. The second-order valence-corrected chi connectivity index (χ2v) is 8.96. The smallest absolute Gasteiger partial charge is 0.250 e. The van der Waals surface area contributed by atoms with E-state index in [2.05, 4.69) is 64.2 Å². The molecule has 6 nitrogen and oxygen atoms in total. The van der Waals surface area contributed by atoms with Gasteiger partial charge in [-0.15, -0.1) is 35.3 Å². The number of halogens is 1. The predicted octanol–water partition coefficient (Wildman–Crippen LogP) is 4.30. The van der Waals surface area contributed by atoms with E-state index in [1.807, 2.05) is 23.6 Å². The fourth-order valence-corrected chi connectivity index (χ4v) is 4.70. The molecule has 0 radical (unpaired) electrons. The number of pyridine rings is 1. The van der Waals surface area contributed by atoms with Gasteiger partial charge in [0, 0.05) is 37.9 Å². The van der Waals surface area contributed by atoms with E-state index in [1.165, 1.54) is 5.00 Å². The summed E-state index contributed by atoms with van der Waals surface area (Å²) in [6.45, 7) is 6.28. The zero-order valence-corrected chi connectivity index (χ0v) is 22.1. The second kappa shape index (κ2) is 12.8. The van der Waals surface area contributed by atoms with E-state index >= 15 is 0 Å². The van der Waals surface area contributed by atoms with Crippen LogP contribution in [0.2, 0.25) is 0 Å². The molecule has 3 heterocycles. The van der Waals surface area contributed by atoms with E-state index in [-0.39, 0.29) is 29.5 Å². The standard InChI is InChI=1S/C25H31N5OS.HI/c1-2-26-25(28-22-12-15-29(16-13-22)24-7-5-17-32-24)27-18-20-8-10-21(11-9-20)19-30-14-4-3-6-23(30)31;/h3-11,14,17,22H,2,12-13,15-16,18-19H2,1H3,(H2,26,27,28);1H. The highest BCUT2D eigenvalue weighted by Gasteiger charge is 2.20. The van der Waals surface area contributed by atoms with Crippen LogP contribution in [0.15, 0.2) is 76.0 Å². The Labute approximate surface area is 216 Å². The maximum Gasteiger partial charge on any atom is 0.250 e. The molecule has 0 saturated carbocycles. The van der Waals surface area contributed by atoms with Crippen LogP contribution >= 0.6 is 35.3 Å². The topological polar surface area (TPSA) is 61.7 Å². The number of hydrogen-bond acceptors (Lipinski definition) is 4. The van der Waals surface area contributed by atoms with Crippen molar-refractivity contribution in [2.45, 2.75) is 38.9 Å². The molecule has 0 atom stereocenters. The molecule has 0 amide bonds. The average Bonchev–Trinajstić information content (AvgIpc) is 3.36. The number of thiophene rings is 1. The lowest BCUT2D eigenvalue weighted by Gasteiger charge is -2.33. The minimum atomic E-state index is 0. The van der Waals surface area contributed by atoms with Crippen molar-refractivity contribution in [1.82, 2.24) is 15.2 Å². The van der Waals surface area contributed by atoms with Crippen LogP contribution in [-0.4, -0.2) is 36.2 Å². The van der Waals surface area contributed by atoms with Gasteiger partial charge in [0.05, 0.1) is 18.1 Å². The average molecular weight is 578 g/mol. The molecule has 0 aliphatic carbocycles. The van der Waals surface area contributed by atoms with Crippen LogP contribution in [0, 0.1) is 0 Å². The van der Waals surface area contributed by atoms with Crippen LogP contribution in [-0.2, 0) is 13.1 Å². The Hall–Kier alpha value is -2.33. The quantitative estimate of drug-likeness (QED) is 0.250. The van der Waals surface area contributed by atoms with Gasteiger partial charge in [0.25, 0.3) is 5.56 Å². The van der Waals surface area contributed by atoms with Gasteiger partial charge >= 0.3 is 0 Å². The Morgan fingerprint density at radius 1 is 1.06 bits per heavy atom. The summed E-state index contributed by atoms with van der Waals surface area (Å²) in [5, 5.41) is 10.5. The van der Waals surface area contributed by atoms with Crippen LogP contribution in [0.3, 0.4) is 0 Å². The van der Waals surface area contributed by atoms with Crippen molar-refractivity contribution in [3.05, 3.63) is 87.7 Å². The monoisotopic (exact) mass is 577 g/mol. The summed E-state index contributed by atoms with van der Waals surface area (Å²) in [6.07, 6.45) is 4.03. The summed E-state index contributed by atoms with van der Waals surface area (Å²) in [6, 6.07) is 18.3. The van der Waals surface area contributed by atoms with Crippen LogP contribution in [0.5, 0.6) is 0 Å². The van der Waals surface area contributed by atoms with Gasteiger partial charge in [-0.3, -0.25) is 4.79 Å². The van der Waals surface area contributed by atoms with Crippen LogP contribution in [0.4, 0.5) is 5.00 Å². The van der Waals surface area contributed by atoms with Crippen LogP contribution in [0.1, 0.15) is 30.9 Å². The maximum atomic E-state index is 11.9. The molecule has 33 heavy (non-hydrogen) atoms. The first-order chi connectivity index (χ1) is 15.7. The molecule has 0 bridgehead atoms. The van der Waals surface area contributed by atoms with Gasteiger partial charge in [-0.2, -0.15) is 0 Å². The highest BCUT2D eigenvalue weighted by atomic mass is 127. The van der Waals surface area contributed by atoms with Crippen molar-refractivity contribution in [3.8, 4) is 0 Å². The molecule has 1 saturated heterocycles. The number of hydrogen-bond donors (Lipinski definition) is 2. The molecule has 1 fully saturated rings. The largest absolute Gasteiger partial charge is 0.363 e. The molecule has 2 aromatic heterocycles. The van der Waals surface area contributed by atoms with Crippen molar-refractivity contribution in [2.24, 2.45) is 4.99 Å². The Morgan fingerprint density at radius 3 is 2.48 bits per heavy atom. The van der Waals surface area contributed by atoms with Gasteiger partial charge in [0.15, 0.2) is 5.96 Å². The second-order valence-electron chi connectivity index (χ2n) is 8.04. The molecule has 4 rings (SSSR count). The van der Waals surface area contributed by atoms with Crippen molar-refractivity contribution in [3.63, 3.8) is 0 Å². The normalized spacial score (nSPS) is 14.6. The van der Waals surface area contributed by atoms with Gasteiger partial charge in [-0.05, 0) is 54.5 Å². The predicted molar refractivity (Wildman–Crippen MR) is 149 cm³/mol. The molecule has 1 aliphatic rings. The minimum absolute atomic E-state index is 0. The number of piperidine rings is 1. The van der Waals surface area contributed by atoms with E-state index in [0.29, 0.717) is 19.1 Å². The van der Waals surface area contributed by atoms with Crippen molar-refractivity contribution >= 4 is 46.3 Å². The zero-order valence-electron chi connectivity index (χ0n) is 18.9. The van der Waals surface area contributed by atoms with E-state index < -0.39 is 0 Å². The number of nitrogens with one attached hydrogen (secondary N) is 2. The first kappa shape index (κ1) is 25.3. The zero-order chi connectivity index (χ0) is 22.2. The minimum Gasteiger partial charge on any atom is -0.363 e. The van der Waals surface area contributed by atoms with Gasteiger partial charge in [-0.1, -0.05) is 30.3 Å². The lowest BCUT2D eigenvalue weighted by molar-refractivity contribution is 0.463. The molecule has 3 aromatic rings. The molecule has 176 valence electrons. The van der Waals surface area contributed by atoms with E-state index in [9.17, 15) is 4.79 Å². The third-order valence-corrected chi connectivity index (χ3v) is 6.62. The van der Waals surface area contributed by atoms with E-state index in [1.54, 1.807) is 16.7 Å². The third kappa shape index (κ3) is 7.33. The molecule has 1 aromatic carbocycles. The molecule has 2 N–H and O–H groups in total. The molecular weight excluding hydrogens is 545 g/mol. The Bertz CT molecular complexity index is 1060. The molecule has 1 aliphatic heterocycles. The lowest BCUT2D eigenvalue weighted by atomic mass is 10.1. The van der Waals surface area contributed by atoms with Crippen LogP contribution in [0.25, 0.3) is 0 Å². The third-order valence-electron chi connectivity index (χ3n) is 5.69. The van der Waals surface area contributed by atoms with Gasteiger partial charge < -0.3 is 20.1 Å². The highest BCUT2D eigenvalue weighted by molar-refractivity contribution is 14.0. The van der Waals surface area contributed by atoms with Gasteiger partial charge in [-0.25, -0.2) is 4.99 Å². The maximum absolute atomic E-state index is 11.9. The molecular formula is C25H32IN5OS. The van der Waals surface area contributed by atoms with Gasteiger partial charge in [0.2, 0.25) is 0 Å². The Balaban J connectivity index is 0.00000306. The Morgan fingerprint density at radius 2 is 1.82 bits per heavy atom. The number of guanidine groups is 1. The summed E-state index contributed by atoms with van der Waals surface area (Å²) < 4.78 is 1.71. The van der Waals surface area contributed by atoms with Gasteiger partial charge in [0.1, 0.15) is 0 Å². The highest BCUT2D eigenvalue weighted by Crippen LogP contribution is 2.24. The molecule has 0 unspecified atom stereocenters. The number of benzene rings is 1. The Kier molecular flexibility index (Phi) is 9.80. The van der Waals surface area contributed by atoms with Crippen molar-refractivity contribution in [1.29, 1.82) is 0 Å². The fourth-order valence-electron chi connectivity index (χ4n) is 3.92. The SMILES string of the molecule is CCNC(=NCc1ccc(Cn2ccccc2=O)cc1)NC1CCN(c2cccs2)CC1.I. The first-order valence-corrected chi connectivity index (χ1v) is 12.2. The number of rotatable bonds is 7. The summed E-state index contributed by atoms with van der Waals surface area (Å²) in [5.74, 6) is 0.877. The van der Waals surface area contributed by atoms with E-state index in [0.717, 1.165) is 49.6 Å². The summed E-state index contributed by atoms with van der Waals surface area (Å²) in [4.78, 5) is 19.2. The summed E-state index contributed by atoms with van der Waals surface area (Å²) >= 11 is 1.81. The lowest BCUT2D eigenvalue weighted by Crippen LogP contribution is -2.48. The summed E-state index contributed by atoms with van der Waals surface area (Å²) in [7, 11) is 0. The number of aromatic nitrogens is 1.